The molecule has 0 radical (unpaired) electrons. The first kappa shape index (κ1) is 17.1. The van der Waals surface area contributed by atoms with Gasteiger partial charge in [-0.15, -0.1) is 22.7 Å². The highest BCUT2D eigenvalue weighted by Gasteiger charge is 2.26. The highest BCUT2D eigenvalue weighted by Crippen LogP contribution is 2.27. The first-order valence-electron chi connectivity index (χ1n) is 7.62. The number of thiazole rings is 1. The minimum absolute atomic E-state index is 0.0136. The van der Waals surface area contributed by atoms with Crippen LogP contribution in [0.4, 0.5) is 0 Å². The number of ether oxygens (including phenoxy) is 2. The van der Waals surface area contributed by atoms with E-state index in [0.29, 0.717) is 13.1 Å². The number of carbonyl (C=O) groups is 2. The van der Waals surface area contributed by atoms with Crippen LogP contribution in [0.15, 0.2) is 22.9 Å². The summed E-state index contributed by atoms with van der Waals surface area (Å²) >= 11 is 2.95. The number of morpholine rings is 1. The first-order chi connectivity index (χ1) is 11.5. The number of esters is 1. The Morgan fingerprint density at radius 3 is 2.75 bits per heavy atom. The van der Waals surface area contributed by atoms with Crippen molar-refractivity contribution in [2.24, 2.45) is 0 Å². The molecule has 2 aromatic rings. The molecule has 3 heterocycles. The number of carbonyl (C=O) groups excluding carboxylic acids is 2. The number of aromatic nitrogens is 1. The van der Waals surface area contributed by atoms with Crippen molar-refractivity contribution in [2.45, 2.75) is 26.1 Å². The van der Waals surface area contributed by atoms with E-state index in [1.807, 2.05) is 31.4 Å². The summed E-state index contributed by atoms with van der Waals surface area (Å²) in [5.74, 6) is -0.782. The van der Waals surface area contributed by atoms with Crippen molar-refractivity contribution in [1.82, 2.24) is 9.88 Å². The zero-order valence-electron chi connectivity index (χ0n) is 13.4. The molecule has 1 aliphatic rings. The summed E-state index contributed by atoms with van der Waals surface area (Å²) in [6.07, 6.45) is -0.0272. The minimum Gasteiger partial charge on any atom is -0.451 e. The maximum Gasteiger partial charge on any atom is 0.358 e. The van der Waals surface area contributed by atoms with E-state index >= 15 is 0 Å². The Labute approximate surface area is 148 Å². The van der Waals surface area contributed by atoms with Crippen LogP contribution in [0.25, 0.3) is 9.88 Å². The third kappa shape index (κ3) is 4.00. The van der Waals surface area contributed by atoms with Crippen LogP contribution in [0.5, 0.6) is 0 Å². The molecule has 1 saturated heterocycles. The second-order valence-electron chi connectivity index (χ2n) is 5.65. The Bertz CT molecular complexity index is 703. The molecule has 128 valence electrons. The lowest BCUT2D eigenvalue weighted by Crippen LogP contribution is -2.49. The van der Waals surface area contributed by atoms with Gasteiger partial charge in [-0.2, -0.15) is 0 Å². The summed E-state index contributed by atoms with van der Waals surface area (Å²) in [7, 11) is 0. The second-order valence-corrected chi connectivity index (χ2v) is 7.45. The highest BCUT2D eigenvalue weighted by atomic mass is 32.1. The van der Waals surface area contributed by atoms with Gasteiger partial charge in [0.2, 0.25) is 0 Å². The minimum atomic E-state index is -0.572. The quantitative estimate of drug-likeness (QED) is 0.778. The SMILES string of the molecule is C[C@@H]1CN(C(=O)COC(=O)c2csc(-c3cccs3)n2)C[C@@H](C)O1. The molecule has 2 aromatic heterocycles. The molecule has 1 fully saturated rings. The molecule has 3 rings (SSSR count). The van der Waals surface area contributed by atoms with Gasteiger partial charge in [0.1, 0.15) is 5.01 Å². The van der Waals surface area contributed by atoms with E-state index < -0.39 is 5.97 Å². The molecule has 0 aliphatic carbocycles. The van der Waals surface area contributed by atoms with Gasteiger partial charge in [0, 0.05) is 18.5 Å². The van der Waals surface area contributed by atoms with Gasteiger partial charge in [0.25, 0.3) is 5.91 Å². The lowest BCUT2D eigenvalue weighted by molar-refractivity contribution is -0.146. The van der Waals surface area contributed by atoms with E-state index in [9.17, 15) is 9.59 Å². The predicted molar refractivity (Wildman–Crippen MR) is 92.3 cm³/mol. The lowest BCUT2D eigenvalue weighted by Gasteiger charge is -2.35. The number of hydrogen-bond donors (Lipinski definition) is 0. The van der Waals surface area contributed by atoms with Crippen molar-refractivity contribution < 1.29 is 19.1 Å². The average molecular weight is 366 g/mol. The molecule has 0 spiro atoms. The van der Waals surface area contributed by atoms with Gasteiger partial charge in [0.05, 0.1) is 17.1 Å². The normalized spacial score (nSPS) is 20.8. The number of rotatable bonds is 4. The Hall–Kier alpha value is -1.77. The fraction of sp³-hybridized carbons (Fsp3) is 0.438. The van der Waals surface area contributed by atoms with Crippen molar-refractivity contribution in [3.05, 3.63) is 28.6 Å². The Kier molecular flexibility index (Phi) is 5.27. The van der Waals surface area contributed by atoms with E-state index in [1.165, 1.54) is 11.3 Å². The molecule has 0 bridgehead atoms. The standard InChI is InChI=1S/C16H18N2O4S2/c1-10-6-18(7-11(2)22-10)14(19)8-21-16(20)12-9-24-15(17-12)13-4-3-5-23-13/h3-5,9-11H,6-8H2,1-2H3/t10-,11-/m1/s1. The summed E-state index contributed by atoms with van der Waals surface area (Å²) in [6.45, 7) is 4.59. The van der Waals surface area contributed by atoms with Gasteiger partial charge in [-0.3, -0.25) is 4.79 Å². The third-order valence-electron chi connectivity index (χ3n) is 3.54. The van der Waals surface area contributed by atoms with Crippen LogP contribution in [0.2, 0.25) is 0 Å². The molecule has 0 unspecified atom stereocenters. The molecule has 6 nitrogen and oxygen atoms in total. The maximum absolute atomic E-state index is 12.2. The van der Waals surface area contributed by atoms with Crippen LogP contribution in [0.3, 0.4) is 0 Å². The second kappa shape index (κ2) is 7.42. The molecule has 0 N–H and O–H groups in total. The van der Waals surface area contributed by atoms with Crippen molar-refractivity contribution in [3.8, 4) is 9.88 Å². The van der Waals surface area contributed by atoms with Gasteiger partial charge in [-0.1, -0.05) is 6.07 Å². The summed E-state index contributed by atoms with van der Waals surface area (Å²) in [5, 5.41) is 4.39. The van der Waals surface area contributed by atoms with Crippen molar-refractivity contribution in [1.29, 1.82) is 0 Å². The van der Waals surface area contributed by atoms with Crippen LogP contribution in [0.1, 0.15) is 24.3 Å². The number of amides is 1. The van der Waals surface area contributed by atoms with E-state index in [1.54, 1.807) is 21.6 Å². The van der Waals surface area contributed by atoms with Crippen LogP contribution in [0, 0.1) is 0 Å². The third-order valence-corrected chi connectivity index (χ3v) is 5.43. The Morgan fingerprint density at radius 1 is 1.33 bits per heavy atom. The van der Waals surface area contributed by atoms with Gasteiger partial charge in [0.15, 0.2) is 12.3 Å². The Morgan fingerprint density at radius 2 is 2.08 bits per heavy atom. The average Bonchev–Trinajstić information content (AvgIpc) is 3.21. The first-order valence-corrected chi connectivity index (χ1v) is 9.38. The zero-order chi connectivity index (χ0) is 17.1. The largest absolute Gasteiger partial charge is 0.451 e. The fourth-order valence-corrected chi connectivity index (χ4v) is 4.16. The van der Waals surface area contributed by atoms with Crippen molar-refractivity contribution in [2.75, 3.05) is 19.7 Å². The summed E-state index contributed by atoms with van der Waals surface area (Å²) < 4.78 is 10.7. The van der Waals surface area contributed by atoms with Crippen LogP contribution in [-0.4, -0.2) is 53.7 Å². The lowest BCUT2D eigenvalue weighted by atomic mass is 10.2. The van der Waals surface area contributed by atoms with Crippen LogP contribution >= 0.6 is 22.7 Å². The zero-order valence-corrected chi connectivity index (χ0v) is 15.1. The summed E-state index contributed by atoms with van der Waals surface area (Å²) in [5.41, 5.74) is 0.236. The van der Waals surface area contributed by atoms with E-state index in [2.05, 4.69) is 4.98 Å². The number of thiophene rings is 1. The van der Waals surface area contributed by atoms with Crippen molar-refractivity contribution >= 4 is 34.6 Å². The van der Waals surface area contributed by atoms with Gasteiger partial charge in [-0.25, -0.2) is 9.78 Å². The molecule has 8 heteroatoms. The van der Waals surface area contributed by atoms with Gasteiger partial charge >= 0.3 is 5.97 Å². The monoisotopic (exact) mass is 366 g/mol. The van der Waals surface area contributed by atoms with E-state index in [0.717, 1.165) is 9.88 Å². The molecule has 1 aliphatic heterocycles. The van der Waals surface area contributed by atoms with Crippen molar-refractivity contribution in [3.63, 3.8) is 0 Å². The maximum atomic E-state index is 12.2. The molecular weight excluding hydrogens is 348 g/mol. The van der Waals surface area contributed by atoms with E-state index in [4.69, 9.17) is 9.47 Å². The smallest absolute Gasteiger partial charge is 0.358 e. The molecule has 2 atom stereocenters. The Balaban J connectivity index is 1.54. The summed E-state index contributed by atoms with van der Waals surface area (Å²) in [4.78, 5) is 31.2. The molecule has 0 saturated carbocycles. The molecule has 0 aromatic carbocycles. The fourth-order valence-electron chi connectivity index (χ4n) is 2.55. The molecule has 1 amide bonds. The van der Waals surface area contributed by atoms with Crippen LogP contribution < -0.4 is 0 Å². The predicted octanol–water partition coefficient (Wildman–Crippen LogP) is 2.66. The summed E-state index contributed by atoms with van der Waals surface area (Å²) in [6, 6.07) is 3.88. The van der Waals surface area contributed by atoms with Gasteiger partial charge in [-0.05, 0) is 25.3 Å². The van der Waals surface area contributed by atoms with E-state index in [-0.39, 0.29) is 30.4 Å². The molecule has 24 heavy (non-hydrogen) atoms. The number of hydrogen-bond acceptors (Lipinski definition) is 7. The van der Waals surface area contributed by atoms with Gasteiger partial charge < -0.3 is 14.4 Å². The topological polar surface area (TPSA) is 68.7 Å². The highest BCUT2D eigenvalue weighted by molar-refractivity contribution is 7.20. The number of nitrogens with zero attached hydrogens (tertiary/aromatic N) is 2. The van der Waals surface area contributed by atoms with Crippen LogP contribution in [-0.2, 0) is 14.3 Å². The molecular formula is C16H18N2O4S2.